The average Bonchev–Trinajstić information content (AvgIpc) is 3.91. The largest absolute Gasteiger partial charge is 2.00 e. The van der Waals surface area contributed by atoms with Crippen LogP contribution in [0.2, 0.25) is 0 Å². The van der Waals surface area contributed by atoms with Gasteiger partial charge in [0.1, 0.15) is 5.82 Å². The van der Waals surface area contributed by atoms with Gasteiger partial charge in [0.25, 0.3) is 0 Å². The molecule has 0 atom stereocenters. The van der Waals surface area contributed by atoms with E-state index in [0.717, 1.165) is 66.9 Å². The Morgan fingerprint density at radius 2 is 0.981 bits per heavy atom. The minimum atomic E-state index is -0.319. The molecule has 0 radical (unpaired) electrons. The average molecular weight is 868 g/mol. The maximum absolute atomic E-state index is 14.6. The van der Waals surface area contributed by atoms with E-state index in [-0.39, 0.29) is 26.9 Å². The molecule has 0 aliphatic heterocycles. The summed E-state index contributed by atoms with van der Waals surface area (Å²) >= 11 is 0. The maximum atomic E-state index is 14.6. The van der Waals surface area contributed by atoms with Gasteiger partial charge in [0.2, 0.25) is 11.6 Å². The van der Waals surface area contributed by atoms with Crippen LogP contribution in [0.25, 0.3) is 78.2 Å². The summed E-state index contributed by atoms with van der Waals surface area (Å²) < 4.78 is 29.8. The minimum Gasteiger partial charge on any atom is -0.509 e. The van der Waals surface area contributed by atoms with Gasteiger partial charge in [0, 0.05) is 11.5 Å². The molecule has 4 aromatic heterocycles. The van der Waals surface area contributed by atoms with Crippen LogP contribution in [0.15, 0.2) is 152 Å². The first-order chi connectivity index (χ1) is 25.7. The standard InChI is InChI=1S/C44H25FN6O.Pt/c45-30-12-9-11-28(23-30)29-24-32(49-40-20-6-8-22-42(40)51-38-18-4-2-16-36(38)47-44(49)51)27-34(25-29)52-33-14-10-13-31(26-33)48-39-19-5-7-21-41(39)50-37-17-3-1-15-35(37)46-43(48)50;/h1-25H;/q-2;+2. The maximum Gasteiger partial charge on any atom is 2.00 e. The normalized spacial score (nSPS) is 11.7. The number of hydrogen-bond donors (Lipinski definition) is 0. The first-order valence-corrected chi connectivity index (χ1v) is 17.0. The molecule has 53 heavy (non-hydrogen) atoms. The van der Waals surface area contributed by atoms with Crippen molar-refractivity contribution in [3.05, 3.63) is 170 Å². The van der Waals surface area contributed by atoms with Gasteiger partial charge in [-0.05, 0) is 66.2 Å². The van der Waals surface area contributed by atoms with Gasteiger partial charge in [-0.2, -0.15) is 6.07 Å². The molecule has 254 valence electrons. The molecule has 0 aliphatic carbocycles. The number of halogens is 1. The number of fused-ring (bicyclic) bond motifs is 10. The number of aromatic nitrogens is 6. The molecule has 0 amide bonds. The van der Waals surface area contributed by atoms with Crippen LogP contribution in [0.3, 0.4) is 0 Å². The molecule has 11 rings (SSSR count). The molecule has 0 bridgehead atoms. The molecule has 9 heteroatoms. The zero-order chi connectivity index (χ0) is 34.3. The van der Waals surface area contributed by atoms with Crippen LogP contribution in [-0.2, 0) is 21.1 Å². The second-order valence-corrected chi connectivity index (χ2v) is 12.8. The zero-order valence-corrected chi connectivity index (χ0v) is 30.0. The van der Waals surface area contributed by atoms with Gasteiger partial charge >= 0.3 is 21.1 Å². The molecule has 0 N–H and O–H groups in total. The van der Waals surface area contributed by atoms with Crippen LogP contribution in [0, 0.1) is 17.9 Å². The minimum absolute atomic E-state index is 0. The van der Waals surface area contributed by atoms with Crippen molar-refractivity contribution in [1.82, 2.24) is 27.9 Å². The third-order valence-electron chi connectivity index (χ3n) is 9.66. The fourth-order valence-corrected chi connectivity index (χ4v) is 7.46. The van der Waals surface area contributed by atoms with Gasteiger partial charge in [-0.1, -0.05) is 72.0 Å². The molecule has 0 saturated carbocycles. The van der Waals surface area contributed by atoms with E-state index >= 15 is 0 Å². The van der Waals surface area contributed by atoms with E-state index in [4.69, 9.17) is 14.7 Å². The molecular formula is C44H25FN6OPt. The molecular weight excluding hydrogens is 843 g/mol. The van der Waals surface area contributed by atoms with Crippen LogP contribution in [0.1, 0.15) is 0 Å². The van der Waals surface area contributed by atoms with Gasteiger partial charge in [-0.25, -0.2) is 14.4 Å². The third-order valence-corrected chi connectivity index (χ3v) is 9.66. The molecule has 0 unspecified atom stereocenters. The Balaban J connectivity index is 0.00000349. The van der Waals surface area contributed by atoms with E-state index in [0.29, 0.717) is 22.7 Å². The van der Waals surface area contributed by atoms with Crippen molar-refractivity contribution in [2.45, 2.75) is 0 Å². The Labute approximate surface area is 316 Å². The summed E-state index contributed by atoms with van der Waals surface area (Å²) in [7, 11) is 0. The monoisotopic (exact) mass is 867 g/mol. The third kappa shape index (κ3) is 4.83. The second kappa shape index (κ2) is 12.0. The van der Waals surface area contributed by atoms with Crippen molar-refractivity contribution in [2.24, 2.45) is 0 Å². The van der Waals surface area contributed by atoms with Crippen LogP contribution >= 0.6 is 0 Å². The van der Waals surface area contributed by atoms with Crippen molar-refractivity contribution in [3.8, 4) is 34.0 Å². The molecule has 0 fully saturated rings. The van der Waals surface area contributed by atoms with Crippen molar-refractivity contribution in [3.63, 3.8) is 0 Å². The Kier molecular flexibility index (Phi) is 7.10. The van der Waals surface area contributed by atoms with E-state index in [9.17, 15) is 4.39 Å². The molecule has 7 nitrogen and oxygen atoms in total. The number of imidazole rings is 4. The smallest absolute Gasteiger partial charge is 0.509 e. The number of nitrogens with zero attached hydrogens (tertiary/aromatic N) is 6. The fourth-order valence-electron chi connectivity index (χ4n) is 7.46. The summed E-state index contributed by atoms with van der Waals surface area (Å²) in [5, 5.41) is 0. The van der Waals surface area contributed by atoms with Crippen LogP contribution < -0.4 is 4.74 Å². The molecule has 7 aromatic carbocycles. The predicted molar refractivity (Wildman–Crippen MR) is 202 cm³/mol. The number of ether oxygens (including phenoxy) is 1. The summed E-state index contributed by atoms with van der Waals surface area (Å²) in [6.45, 7) is 0. The molecule has 4 heterocycles. The van der Waals surface area contributed by atoms with Crippen LogP contribution in [0.5, 0.6) is 11.5 Å². The van der Waals surface area contributed by atoms with E-state index in [1.54, 1.807) is 6.07 Å². The number of benzene rings is 7. The first-order valence-electron chi connectivity index (χ1n) is 17.0. The van der Waals surface area contributed by atoms with E-state index in [1.165, 1.54) is 12.1 Å². The zero-order valence-electron chi connectivity index (χ0n) is 27.7. The second-order valence-electron chi connectivity index (χ2n) is 12.8. The fraction of sp³-hybridized carbons (Fsp3) is 0. The van der Waals surface area contributed by atoms with E-state index < -0.39 is 0 Å². The van der Waals surface area contributed by atoms with Crippen molar-refractivity contribution in [2.75, 3.05) is 0 Å². The molecule has 0 saturated heterocycles. The van der Waals surface area contributed by atoms with E-state index in [2.05, 4.69) is 66.5 Å². The van der Waals surface area contributed by atoms with Crippen LogP contribution in [-0.4, -0.2) is 27.9 Å². The van der Waals surface area contributed by atoms with Gasteiger partial charge in [0.05, 0.1) is 44.1 Å². The van der Waals surface area contributed by atoms with Crippen molar-refractivity contribution in [1.29, 1.82) is 0 Å². The van der Waals surface area contributed by atoms with Gasteiger partial charge in [0.15, 0.2) is 0 Å². The van der Waals surface area contributed by atoms with E-state index in [1.807, 2.05) is 97.1 Å². The Bertz CT molecular complexity index is 3210. The van der Waals surface area contributed by atoms with Gasteiger partial charge in [-0.3, -0.25) is 8.80 Å². The predicted octanol–water partition coefficient (Wildman–Crippen LogP) is 10.4. The SMILES string of the molecule is Fc1cccc(-c2cc(Oc3[c-]c(-n4c5ccccc5n5c6ccccc6nc45)ccc3)[c-]c(-n3c4ccccc4n4c5ccccc5nc34)c2)c1.[Pt+2]. The van der Waals surface area contributed by atoms with Gasteiger partial charge in [-0.15, -0.1) is 42.0 Å². The number of hydrogen-bond acceptors (Lipinski definition) is 3. The summed E-state index contributed by atoms with van der Waals surface area (Å²) in [4.78, 5) is 10.1. The molecule has 0 aliphatic rings. The molecule has 11 aromatic rings. The Morgan fingerprint density at radius 1 is 0.453 bits per heavy atom. The van der Waals surface area contributed by atoms with Gasteiger partial charge < -0.3 is 13.9 Å². The summed E-state index contributed by atoms with van der Waals surface area (Å²) in [6, 6.07) is 56.0. The summed E-state index contributed by atoms with van der Waals surface area (Å²) in [6.07, 6.45) is 0. The molecule has 0 spiro atoms. The topological polar surface area (TPSA) is 53.7 Å². The van der Waals surface area contributed by atoms with Crippen molar-refractivity contribution >= 4 is 55.7 Å². The summed E-state index contributed by atoms with van der Waals surface area (Å²) in [5.41, 5.74) is 10.8. The van der Waals surface area contributed by atoms with Crippen LogP contribution in [0.4, 0.5) is 4.39 Å². The Morgan fingerprint density at radius 3 is 1.60 bits per heavy atom. The summed E-state index contributed by atoms with van der Waals surface area (Å²) in [5.74, 6) is 2.16. The quantitative estimate of drug-likeness (QED) is 0.162. The number of rotatable bonds is 5. The number of para-hydroxylation sites is 8. The first kappa shape index (κ1) is 31.3. The Hall–Kier alpha value is -6.50. The van der Waals surface area contributed by atoms with Crippen molar-refractivity contribution < 1.29 is 30.2 Å².